The molecule has 27 heavy (non-hydrogen) atoms. The molecule has 0 radical (unpaired) electrons. The molecule has 1 atom stereocenters. The van der Waals surface area contributed by atoms with Crippen molar-refractivity contribution in [2.75, 3.05) is 6.54 Å². The van der Waals surface area contributed by atoms with Gasteiger partial charge in [-0.2, -0.15) is 0 Å². The first-order valence-corrected chi connectivity index (χ1v) is 9.37. The van der Waals surface area contributed by atoms with Crippen LogP contribution in [0.2, 0.25) is 5.02 Å². The molecule has 3 aromatic rings. The van der Waals surface area contributed by atoms with Crippen molar-refractivity contribution in [3.8, 4) is 0 Å². The Bertz CT molecular complexity index is 952. The van der Waals surface area contributed by atoms with Gasteiger partial charge in [0.15, 0.2) is 0 Å². The van der Waals surface area contributed by atoms with Gasteiger partial charge in [-0.25, -0.2) is 0 Å². The van der Waals surface area contributed by atoms with E-state index in [1.54, 1.807) is 12.1 Å². The van der Waals surface area contributed by atoms with Crippen molar-refractivity contribution in [1.82, 2.24) is 9.47 Å². The standard InChI is InChI=1S/C21H20ClN3O2/c22-18-5-1-4-17(14-18)21-20-6-2-11-23(20)12-3-13-24(21)15-16-7-9-19(10-8-16)25(26)27/h1-2,4-11,14,21H,3,12-13,15H2/t21-/m0/s1. The second kappa shape index (κ2) is 7.55. The minimum atomic E-state index is -0.364. The summed E-state index contributed by atoms with van der Waals surface area (Å²) in [4.78, 5) is 13.0. The van der Waals surface area contributed by atoms with Gasteiger partial charge in [-0.15, -0.1) is 0 Å². The first-order chi connectivity index (χ1) is 13.1. The molecule has 0 spiro atoms. The number of aryl methyl sites for hydroxylation is 1. The number of hydrogen-bond acceptors (Lipinski definition) is 3. The van der Waals surface area contributed by atoms with Crippen LogP contribution in [-0.2, 0) is 13.1 Å². The molecule has 2 heterocycles. The molecule has 5 nitrogen and oxygen atoms in total. The molecular formula is C21H20ClN3O2. The van der Waals surface area contributed by atoms with Gasteiger partial charge in [-0.1, -0.05) is 35.9 Å². The number of hydrogen-bond donors (Lipinski definition) is 0. The van der Waals surface area contributed by atoms with Crippen LogP contribution in [0.5, 0.6) is 0 Å². The molecule has 1 aliphatic heterocycles. The summed E-state index contributed by atoms with van der Waals surface area (Å²) in [5.74, 6) is 0. The number of nitro groups is 1. The largest absolute Gasteiger partial charge is 0.350 e. The summed E-state index contributed by atoms with van der Waals surface area (Å²) in [6.45, 7) is 2.65. The van der Waals surface area contributed by atoms with Crippen LogP contribution in [0.4, 0.5) is 5.69 Å². The fourth-order valence-corrected chi connectivity index (χ4v) is 4.02. The average Bonchev–Trinajstić information content (AvgIpc) is 3.03. The number of nitrogens with zero attached hydrogens (tertiary/aromatic N) is 3. The Balaban J connectivity index is 1.69. The second-order valence-corrected chi connectivity index (χ2v) is 7.27. The minimum absolute atomic E-state index is 0.0939. The molecule has 1 aliphatic rings. The highest BCUT2D eigenvalue weighted by Crippen LogP contribution is 2.34. The van der Waals surface area contributed by atoms with Crippen LogP contribution in [0.25, 0.3) is 0 Å². The number of halogens is 1. The van der Waals surface area contributed by atoms with Crippen molar-refractivity contribution in [1.29, 1.82) is 0 Å². The van der Waals surface area contributed by atoms with E-state index in [2.05, 4.69) is 33.9 Å². The highest BCUT2D eigenvalue weighted by Gasteiger charge is 2.27. The van der Waals surface area contributed by atoms with Crippen LogP contribution in [-0.4, -0.2) is 20.9 Å². The fraction of sp³-hybridized carbons (Fsp3) is 0.238. The average molecular weight is 382 g/mol. The Morgan fingerprint density at radius 3 is 2.63 bits per heavy atom. The minimum Gasteiger partial charge on any atom is -0.350 e. The van der Waals surface area contributed by atoms with Gasteiger partial charge < -0.3 is 4.57 Å². The maximum Gasteiger partial charge on any atom is 0.269 e. The molecule has 6 heteroatoms. The Morgan fingerprint density at radius 1 is 1.07 bits per heavy atom. The van der Waals surface area contributed by atoms with Crippen molar-refractivity contribution in [2.24, 2.45) is 0 Å². The number of nitro benzene ring substituents is 1. The van der Waals surface area contributed by atoms with Gasteiger partial charge in [0, 0.05) is 48.7 Å². The molecule has 0 bridgehead atoms. The molecule has 4 rings (SSSR count). The zero-order valence-electron chi connectivity index (χ0n) is 14.8. The first kappa shape index (κ1) is 17.8. The van der Waals surface area contributed by atoms with Gasteiger partial charge in [0.25, 0.3) is 5.69 Å². The molecule has 0 fully saturated rings. The Kier molecular flexibility index (Phi) is 4.97. The lowest BCUT2D eigenvalue weighted by Gasteiger charge is -2.30. The van der Waals surface area contributed by atoms with Gasteiger partial charge in [0.05, 0.1) is 11.0 Å². The summed E-state index contributed by atoms with van der Waals surface area (Å²) in [5.41, 5.74) is 3.59. The maximum atomic E-state index is 10.9. The Hall–Kier alpha value is -2.63. The molecule has 0 amide bonds. The molecule has 0 aliphatic carbocycles. The molecule has 138 valence electrons. The van der Waals surface area contributed by atoms with Gasteiger partial charge >= 0.3 is 0 Å². The second-order valence-electron chi connectivity index (χ2n) is 6.83. The SMILES string of the molecule is O=[N+]([O-])c1ccc(CN2CCCn3cccc3[C@@H]2c2cccc(Cl)c2)cc1. The van der Waals surface area contributed by atoms with Crippen molar-refractivity contribution < 1.29 is 4.92 Å². The molecule has 0 unspecified atom stereocenters. The summed E-state index contributed by atoms with van der Waals surface area (Å²) in [6, 6.07) is 19.2. The lowest BCUT2D eigenvalue weighted by Crippen LogP contribution is -2.29. The van der Waals surface area contributed by atoms with Gasteiger partial charge in [-0.05, 0) is 41.8 Å². The van der Waals surface area contributed by atoms with E-state index in [9.17, 15) is 10.1 Å². The number of non-ortho nitro benzene ring substituents is 1. The van der Waals surface area contributed by atoms with Crippen molar-refractivity contribution in [3.63, 3.8) is 0 Å². The molecule has 2 aromatic carbocycles. The molecule has 0 saturated heterocycles. The van der Waals surface area contributed by atoms with Crippen LogP contribution in [0, 0.1) is 10.1 Å². The quantitative estimate of drug-likeness (QED) is 0.469. The topological polar surface area (TPSA) is 51.3 Å². The lowest BCUT2D eigenvalue weighted by molar-refractivity contribution is -0.384. The first-order valence-electron chi connectivity index (χ1n) is 9.00. The number of fused-ring (bicyclic) bond motifs is 1. The van der Waals surface area contributed by atoms with Crippen LogP contribution in [0.3, 0.4) is 0 Å². The molecular weight excluding hydrogens is 362 g/mol. The van der Waals surface area contributed by atoms with Crippen molar-refractivity contribution in [2.45, 2.75) is 25.6 Å². The summed E-state index contributed by atoms with van der Waals surface area (Å²) >= 11 is 6.27. The Morgan fingerprint density at radius 2 is 1.89 bits per heavy atom. The lowest BCUT2D eigenvalue weighted by atomic mass is 10.0. The number of rotatable bonds is 4. The van der Waals surface area contributed by atoms with Gasteiger partial charge in [-0.3, -0.25) is 15.0 Å². The highest BCUT2D eigenvalue weighted by atomic mass is 35.5. The van der Waals surface area contributed by atoms with E-state index in [0.29, 0.717) is 0 Å². The predicted molar refractivity (Wildman–Crippen MR) is 106 cm³/mol. The van der Waals surface area contributed by atoms with E-state index < -0.39 is 0 Å². The Labute approximate surface area is 162 Å². The predicted octanol–water partition coefficient (Wildman–Crippen LogP) is 5.05. The van der Waals surface area contributed by atoms with Crippen LogP contribution >= 0.6 is 11.6 Å². The van der Waals surface area contributed by atoms with E-state index in [1.165, 1.54) is 5.69 Å². The van der Waals surface area contributed by atoms with E-state index in [1.807, 2.05) is 30.3 Å². The van der Waals surface area contributed by atoms with Crippen LogP contribution in [0.1, 0.15) is 29.3 Å². The van der Waals surface area contributed by atoms with Gasteiger partial charge in [0.2, 0.25) is 0 Å². The zero-order valence-corrected chi connectivity index (χ0v) is 15.5. The van der Waals surface area contributed by atoms with E-state index in [4.69, 9.17) is 11.6 Å². The van der Waals surface area contributed by atoms with Crippen LogP contribution in [0.15, 0.2) is 66.9 Å². The van der Waals surface area contributed by atoms with Crippen LogP contribution < -0.4 is 0 Å². The maximum absolute atomic E-state index is 10.9. The fourth-order valence-electron chi connectivity index (χ4n) is 3.83. The summed E-state index contributed by atoms with van der Waals surface area (Å²) in [6.07, 6.45) is 3.17. The summed E-state index contributed by atoms with van der Waals surface area (Å²) < 4.78 is 2.31. The van der Waals surface area contributed by atoms with E-state index in [-0.39, 0.29) is 16.7 Å². The molecule has 0 N–H and O–H groups in total. The highest BCUT2D eigenvalue weighted by molar-refractivity contribution is 6.30. The summed E-state index contributed by atoms with van der Waals surface area (Å²) in [5, 5.41) is 11.6. The number of aromatic nitrogens is 1. The monoisotopic (exact) mass is 381 g/mol. The normalized spacial score (nSPS) is 17.3. The van der Waals surface area contributed by atoms with E-state index >= 15 is 0 Å². The molecule has 0 saturated carbocycles. The van der Waals surface area contributed by atoms with E-state index in [0.717, 1.165) is 42.2 Å². The third kappa shape index (κ3) is 3.75. The summed E-state index contributed by atoms with van der Waals surface area (Å²) in [7, 11) is 0. The van der Waals surface area contributed by atoms with Crippen molar-refractivity contribution >= 4 is 17.3 Å². The third-order valence-electron chi connectivity index (χ3n) is 5.05. The van der Waals surface area contributed by atoms with Gasteiger partial charge in [0.1, 0.15) is 0 Å². The third-order valence-corrected chi connectivity index (χ3v) is 5.29. The van der Waals surface area contributed by atoms with Crippen molar-refractivity contribution in [3.05, 3.63) is 98.8 Å². The smallest absolute Gasteiger partial charge is 0.269 e. The zero-order chi connectivity index (χ0) is 18.8. The molecule has 1 aromatic heterocycles. The number of benzene rings is 2.